The van der Waals surface area contributed by atoms with Gasteiger partial charge in [-0.15, -0.1) is 0 Å². The van der Waals surface area contributed by atoms with Gasteiger partial charge in [0.25, 0.3) is 0 Å². The molecule has 2 aromatic rings. The first-order valence-electron chi connectivity index (χ1n) is 6.02. The van der Waals surface area contributed by atoms with Gasteiger partial charge in [0, 0.05) is 6.42 Å². The molecule has 19 heavy (non-hydrogen) atoms. The number of Topliss-reactive ketones (excluding diaryl/α,β-unsaturated/α-hetero) is 1. The van der Waals surface area contributed by atoms with Crippen molar-refractivity contribution in [3.05, 3.63) is 47.0 Å². The van der Waals surface area contributed by atoms with Crippen molar-refractivity contribution in [3.8, 4) is 11.8 Å². The molecule has 0 aliphatic heterocycles. The lowest BCUT2D eigenvalue weighted by Gasteiger charge is -2.12. The molecular weight excluding hydrogens is 245 g/mol. The Morgan fingerprint density at radius 2 is 2.00 bits per heavy atom. The van der Waals surface area contributed by atoms with Crippen LogP contribution in [0.5, 0.6) is 0 Å². The fourth-order valence-electron chi connectivity index (χ4n) is 2.39. The molecule has 0 saturated heterocycles. The van der Waals surface area contributed by atoms with Crippen molar-refractivity contribution >= 4 is 5.78 Å². The Bertz CT molecular complexity index is 695. The molecule has 1 aromatic heterocycles. The molecule has 0 saturated carbocycles. The van der Waals surface area contributed by atoms with Gasteiger partial charge in [-0.2, -0.15) is 10.4 Å². The Morgan fingerprint density at radius 1 is 1.26 bits per heavy atom. The average Bonchev–Trinajstić information content (AvgIpc) is 2.80. The summed E-state index contributed by atoms with van der Waals surface area (Å²) in [5.74, 6) is -0.368. The highest BCUT2D eigenvalue weighted by Gasteiger charge is 2.27. The van der Waals surface area contributed by atoms with Gasteiger partial charge < -0.3 is 0 Å². The number of carbonyl (C=O) groups is 1. The van der Waals surface area contributed by atoms with Crippen LogP contribution in [0.3, 0.4) is 0 Å². The predicted octanol–water partition coefficient (Wildman–Crippen LogP) is 2.40. The topological polar surface area (TPSA) is 58.7 Å². The maximum atomic E-state index is 12.9. The number of ketones is 1. The minimum Gasteiger partial charge on any atom is -0.294 e. The van der Waals surface area contributed by atoms with Crippen molar-refractivity contribution in [2.45, 2.75) is 19.3 Å². The molecule has 1 heterocycles. The van der Waals surface area contributed by atoms with E-state index >= 15 is 0 Å². The second-order valence-corrected chi connectivity index (χ2v) is 4.45. The van der Waals surface area contributed by atoms with Crippen LogP contribution >= 0.6 is 0 Å². The van der Waals surface area contributed by atoms with Crippen LogP contribution in [0, 0.1) is 17.1 Å². The van der Waals surface area contributed by atoms with E-state index in [1.165, 1.54) is 12.1 Å². The van der Waals surface area contributed by atoms with Crippen LogP contribution in [0.2, 0.25) is 0 Å². The van der Waals surface area contributed by atoms with Gasteiger partial charge in [-0.1, -0.05) is 0 Å². The van der Waals surface area contributed by atoms with Crippen molar-refractivity contribution < 1.29 is 9.18 Å². The number of benzene rings is 1. The number of hydrogen-bond acceptors (Lipinski definition) is 3. The number of halogens is 1. The number of hydrogen-bond donors (Lipinski definition) is 0. The lowest BCUT2D eigenvalue weighted by atomic mass is 9.94. The van der Waals surface area contributed by atoms with Gasteiger partial charge in [-0.3, -0.25) is 4.79 Å². The van der Waals surface area contributed by atoms with E-state index in [4.69, 9.17) is 5.26 Å². The van der Waals surface area contributed by atoms with Crippen molar-refractivity contribution in [2.24, 2.45) is 0 Å². The van der Waals surface area contributed by atoms with Crippen LogP contribution in [0.15, 0.2) is 24.3 Å². The first kappa shape index (κ1) is 11.6. The van der Waals surface area contributed by atoms with E-state index in [9.17, 15) is 9.18 Å². The van der Waals surface area contributed by atoms with Crippen LogP contribution in [-0.4, -0.2) is 15.6 Å². The monoisotopic (exact) mass is 255 g/mol. The molecule has 94 valence electrons. The quantitative estimate of drug-likeness (QED) is 0.786. The minimum absolute atomic E-state index is 0.0360. The molecule has 0 bridgehead atoms. The fraction of sp³-hybridized carbons (Fsp3) is 0.214. The van der Waals surface area contributed by atoms with Crippen molar-refractivity contribution in [1.82, 2.24) is 9.78 Å². The third-order valence-corrected chi connectivity index (χ3v) is 3.25. The molecule has 0 N–H and O–H groups in total. The molecule has 1 aliphatic rings. The third-order valence-electron chi connectivity index (χ3n) is 3.25. The highest BCUT2D eigenvalue weighted by molar-refractivity contribution is 6.00. The van der Waals surface area contributed by atoms with Gasteiger partial charge in [0.05, 0.1) is 16.9 Å². The molecule has 1 aromatic carbocycles. The van der Waals surface area contributed by atoms with Crippen LogP contribution in [0.4, 0.5) is 4.39 Å². The van der Waals surface area contributed by atoms with E-state index in [2.05, 4.69) is 5.10 Å². The number of nitriles is 1. The molecule has 1 aliphatic carbocycles. The number of fused-ring (bicyclic) bond motifs is 1. The Balaban J connectivity index is 2.20. The molecule has 5 heteroatoms. The van der Waals surface area contributed by atoms with Gasteiger partial charge in [0.2, 0.25) is 0 Å². The molecular formula is C14H10FN3O. The normalized spacial score (nSPS) is 14.0. The molecule has 0 unspecified atom stereocenters. The molecule has 4 nitrogen and oxygen atoms in total. The number of nitrogens with zero attached hydrogens (tertiary/aromatic N) is 3. The zero-order valence-electron chi connectivity index (χ0n) is 10.1. The summed E-state index contributed by atoms with van der Waals surface area (Å²) in [5, 5.41) is 13.3. The Hall–Kier alpha value is -2.48. The first-order chi connectivity index (χ1) is 9.20. The molecule has 0 radical (unpaired) electrons. The van der Waals surface area contributed by atoms with Crippen molar-refractivity contribution in [3.63, 3.8) is 0 Å². The van der Waals surface area contributed by atoms with E-state index in [1.807, 2.05) is 6.07 Å². The van der Waals surface area contributed by atoms with Gasteiger partial charge in [-0.25, -0.2) is 9.07 Å². The van der Waals surface area contributed by atoms with Crippen LogP contribution < -0.4 is 0 Å². The lowest BCUT2D eigenvalue weighted by Crippen LogP contribution is -2.13. The van der Waals surface area contributed by atoms with Crippen LogP contribution in [0.25, 0.3) is 5.69 Å². The minimum atomic E-state index is -0.332. The summed E-state index contributed by atoms with van der Waals surface area (Å²) in [5.41, 5.74) is 2.00. The van der Waals surface area contributed by atoms with Gasteiger partial charge in [-0.05, 0) is 37.1 Å². The zero-order chi connectivity index (χ0) is 13.4. The summed E-state index contributed by atoms with van der Waals surface area (Å²) < 4.78 is 14.5. The van der Waals surface area contributed by atoms with Gasteiger partial charge in [0.1, 0.15) is 11.9 Å². The summed E-state index contributed by atoms with van der Waals surface area (Å²) in [6.07, 6.45) is 1.91. The molecule has 0 amide bonds. The molecule has 0 spiro atoms. The smallest absolute Gasteiger partial charge is 0.174 e. The summed E-state index contributed by atoms with van der Waals surface area (Å²) >= 11 is 0. The summed E-state index contributed by atoms with van der Waals surface area (Å²) in [4.78, 5) is 11.9. The largest absolute Gasteiger partial charge is 0.294 e. The SMILES string of the molecule is N#Cc1nn(-c2ccc(F)cc2)c2c1C(=O)CCC2. The van der Waals surface area contributed by atoms with Crippen LogP contribution in [-0.2, 0) is 6.42 Å². The summed E-state index contributed by atoms with van der Waals surface area (Å²) in [7, 11) is 0. The van der Waals surface area contributed by atoms with E-state index in [0.717, 1.165) is 12.1 Å². The maximum Gasteiger partial charge on any atom is 0.174 e. The van der Waals surface area contributed by atoms with Crippen molar-refractivity contribution in [1.29, 1.82) is 5.26 Å². The third kappa shape index (κ3) is 1.82. The van der Waals surface area contributed by atoms with Gasteiger partial charge >= 0.3 is 0 Å². The standard InChI is InChI=1S/C14H10FN3O/c15-9-4-6-10(7-5-9)18-12-2-1-3-13(19)14(12)11(8-16)17-18/h4-7H,1-3H2. The first-order valence-corrected chi connectivity index (χ1v) is 6.02. The predicted molar refractivity (Wildman–Crippen MR) is 65.5 cm³/mol. The highest BCUT2D eigenvalue weighted by atomic mass is 19.1. The Morgan fingerprint density at radius 3 is 2.68 bits per heavy atom. The van der Waals surface area contributed by atoms with E-state index in [-0.39, 0.29) is 17.3 Å². The van der Waals surface area contributed by atoms with E-state index in [1.54, 1.807) is 16.8 Å². The van der Waals surface area contributed by atoms with E-state index in [0.29, 0.717) is 24.1 Å². The highest BCUT2D eigenvalue weighted by Crippen LogP contribution is 2.26. The second-order valence-electron chi connectivity index (χ2n) is 4.45. The summed E-state index contributed by atoms with van der Waals surface area (Å²) in [6, 6.07) is 7.80. The maximum absolute atomic E-state index is 12.9. The van der Waals surface area contributed by atoms with E-state index < -0.39 is 0 Å². The van der Waals surface area contributed by atoms with Crippen molar-refractivity contribution in [2.75, 3.05) is 0 Å². The number of carbonyl (C=O) groups excluding carboxylic acids is 1. The second kappa shape index (κ2) is 4.32. The molecule has 3 rings (SSSR count). The van der Waals surface area contributed by atoms with Gasteiger partial charge in [0.15, 0.2) is 11.5 Å². The average molecular weight is 255 g/mol. The Labute approximate surface area is 109 Å². The fourth-order valence-corrected chi connectivity index (χ4v) is 2.39. The molecule has 0 atom stereocenters. The summed E-state index contributed by atoms with van der Waals surface area (Å²) in [6.45, 7) is 0. The Kier molecular flexibility index (Phi) is 2.64. The zero-order valence-corrected chi connectivity index (χ0v) is 10.1. The van der Waals surface area contributed by atoms with Crippen LogP contribution in [0.1, 0.15) is 34.6 Å². The number of rotatable bonds is 1. The lowest BCUT2D eigenvalue weighted by molar-refractivity contribution is 0.0972. The number of aromatic nitrogens is 2. The molecule has 0 fully saturated rings.